The number of nitrogens with zero attached hydrogens (tertiary/aromatic N) is 2. The van der Waals surface area contributed by atoms with Gasteiger partial charge in [-0.05, 0) is 24.3 Å². The lowest BCUT2D eigenvalue weighted by atomic mass is 10.1. The van der Waals surface area contributed by atoms with Gasteiger partial charge in [-0.3, -0.25) is 10.1 Å². The Bertz CT molecular complexity index is 1040. The molecule has 0 fully saturated rings. The summed E-state index contributed by atoms with van der Waals surface area (Å²) in [5, 5.41) is 31.4. The van der Waals surface area contributed by atoms with Crippen LogP contribution in [0.1, 0.15) is 5.56 Å². The van der Waals surface area contributed by atoms with Crippen LogP contribution in [0.3, 0.4) is 0 Å². The number of nitro benzene ring substituents is 1. The van der Waals surface area contributed by atoms with E-state index in [0.29, 0.717) is 16.2 Å². The molecule has 1 heterocycles. The number of benzene rings is 2. The second-order valence-corrected chi connectivity index (χ2v) is 6.61. The van der Waals surface area contributed by atoms with Crippen molar-refractivity contribution in [3.63, 3.8) is 0 Å². The highest BCUT2D eigenvalue weighted by Crippen LogP contribution is 2.41. The lowest BCUT2D eigenvalue weighted by Crippen LogP contribution is -2.10. The number of carbonyl (C=O) groups is 1. The van der Waals surface area contributed by atoms with Gasteiger partial charge in [0.05, 0.1) is 22.6 Å². The van der Waals surface area contributed by atoms with Crippen molar-refractivity contribution >= 4 is 40.2 Å². The number of aliphatic hydroxyl groups excluding tert-OH is 1. The summed E-state index contributed by atoms with van der Waals surface area (Å²) in [6.07, 6.45) is 1.52. The first-order valence-corrected chi connectivity index (χ1v) is 8.75. The van der Waals surface area contributed by atoms with Crippen molar-refractivity contribution < 1.29 is 24.7 Å². The van der Waals surface area contributed by atoms with Crippen LogP contribution >= 0.6 is 11.8 Å². The van der Waals surface area contributed by atoms with E-state index >= 15 is 0 Å². The quantitative estimate of drug-likeness (QED) is 0.451. The SMILES string of the molecule is COC(=O)C1=C(O)/C(=C\c2ccccc2O)SC1=Nc1ccc([N+](=O)[O-])cc1. The molecule has 0 unspecified atom stereocenters. The lowest BCUT2D eigenvalue weighted by Gasteiger charge is -2.01. The van der Waals surface area contributed by atoms with Crippen LogP contribution in [0, 0.1) is 10.1 Å². The van der Waals surface area contributed by atoms with Crippen LogP contribution in [0.25, 0.3) is 6.08 Å². The van der Waals surface area contributed by atoms with Gasteiger partial charge in [-0.1, -0.05) is 30.0 Å². The van der Waals surface area contributed by atoms with Gasteiger partial charge >= 0.3 is 5.97 Å². The van der Waals surface area contributed by atoms with Gasteiger partial charge in [0, 0.05) is 17.7 Å². The third kappa shape index (κ3) is 3.89. The number of hydrogen-bond acceptors (Lipinski definition) is 8. The summed E-state index contributed by atoms with van der Waals surface area (Å²) in [6.45, 7) is 0. The third-order valence-corrected chi connectivity index (χ3v) is 4.81. The second kappa shape index (κ2) is 7.97. The Morgan fingerprint density at radius 2 is 1.86 bits per heavy atom. The Hall–Kier alpha value is -3.59. The van der Waals surface area contributed by atoms with E-state index in [-0.39, 0.29) is 27.8 Å². The highest BCUT2D eigenvalue weighted by molar-refractivity contribution is 8.18. The van der Waals surface area contributed by atoms with Crippen molar-refractivity contribution in [2.24, 2.45) is 4.99 Å². The fourth-order valence-electron chi connectivity index (χ4n) is 2.41. The van der Waals surface area contributed by atoms with Crippen molar-refractivity contribution in [3.8, 4) is 5.75 Å². The van der Waals surface area contributed by atoms with Crippen LogP contribution in [0.15, 0.2) is 69.8 Å². The first-order valence-electron chi connectivity index (χ1n) is 7.93. The maximum absolute atomic E-state index is 12.1. The first-order chi connectivity index (χ1) is 13.4. The summed E-state index contributed by atoms with van der Waals surface area (Å²) >= 11 is 1.02. The molecule has 0 bridgehead atoms. The number of nitro groups is 1. The average Bonchev–Trinajstić information content (AvgIpc) is 2.98. The molecular formula is C19H14N2O6S. The smallest absolute Gasteiger partial charge is 0.344 e. The monoisotopic (exact) mass is 398 g/mol. The number of aliphatic hydroxyl groups is 1. The molecule has 0 aromatic heterocycles. The second-order valence-electron chi connectivity index (χ2n) is 5.58. The number of carbonyl (C=O) groups excluding carboxylic acids is 1. The molecule has 1 aliphatic heterocycles. The van der Waals surface area contributed by atoms with Crippen LogP contribution in [0.4, 0.5) is 11.4 Å². The number of hydrogen-bond donors (Lipinski definition) is 2. The van der Waals surface area contributed by atoms with Crippen LogP contribution < -0.4 is 0 Å². The van der Waals surface area contributed by atoms with Crippen molar-refractivity contribution in [3.05, 3.63) is 80.4 Å². The van der Waals surface area contributed by atoms with Gasteiger partial charge < -0.3 is 14.9 Å². The number of thioether (sulfide) groups is 1. The van der Waals surface area contributed by atoms with E-state index in [1.54, 1.807) is 18.2 Å². The Balaban J connectivity index is 2.03. The molecule has 9 heteroatoms. The molecule has 0 saturated carbocycles. The summed E-state index contributed by atoms with van der Waals surface area (Å²) in [5.74, 6) is -1.07. The number of phenols is 1. The molecule has 142 valence electrons. The number of para-hydroxylation sites is 1. The molecule has 0 radical (unpaired) electrons. The number of methoxy groups -OCH3 is 1. The van der Waals surface area contributed by atoms with E-state index in [2.05, 4.69) is 4.99 Å². The molecule has 28 heavy (non-hydrogen) atoms. The number of aliphatic imine (C=N–C) groups is 1. The van der Waals surface area contributed by atoms with Gasteiger partial charge in [-0.2, -0.15) is 0 Å². The Morgan fingerprint density at radius 3 is 2.46 bits per heavy atom. The van der Waals surface area contributed by atoms with Gasteiger partial charge in [0.1, 0.15) is 22.1 Å². The minimum Gasteiger partial charge on any atom is -0.507 e. The summed E-state index contributed by atoms with van der Waals surface area (Å²) in [7, 11) is 1.18. The van der Waals surface area contributed by atoms with E-state index in [1.165, 1.54) is 43.5 Å². The minimum absolute atomic E-state index is 0.0174. The van der Waals surface area contributed by atoms with Crippen molar-refractivity contribution in [1.82, 2.24) is 0 Å². The maximum Gasteiger partial charge on any atom is 0.344 e. The normalized spacial score (nSPS) is 16.6. The van der Waals surface area contributed by atoms with Crippen LogP contribution in [-0.4, -0.2) is 33.3 Å². The van der Waals surface area contributed by atoms with Crippen LogP contribution in [0.2, 0.25) is 0 Å². The number of ether oxygens (including phenoxy) is 1. The van der Waals surface area contributed by atoms with Crippen LogP contribution in [0.5, 0.6) is 5.75 Å². The predicted octanol–water partition coefficient (Wildman–Crippen LogP) is 4.10. The number of non-ortho nitro benzene ring substituents is 1. The maximum atomic E-state index is 12.1. The molecular weight excluding hydrogens is 384 g/mol. The zero-order chi connectivity index (χ0) is 20.3. The number of aromatic hydroxyl groups is 1. The molecule has 8 nitrogen and oxygen atoms in total. The van der Waals surface area contributed by atoms with E-state index < -0.39 is 10.9 Å². The van der Waals surface area contributed by atoms with Gasteiger partial charge in [0.15, 0.2) is 0 Å². The lowest BCUT2D eigenvalue weighted by molar-refractivity contribution is -0.384. The summed E-state index contributed by atoms with van der Waals surface area (Å²) < 4.78 is 4.73. The molecule has 1 aliphatic rings. The average molecular weight is 398 g/mol. The van der Waals surface area contributed by atoms with E-state index in [9.17, 15) is 25.1 Å². The zero-order valence-corrected chi connectivity index (χ0v) is 15.3. The van der Waals surface area contributed by atoms with Crippen molar-refractivity contribution in [1.29, 1.82) is 0 Å². The molecule has 2 N–H and O–H groups in total. The molecule has 2 aromatic carbocycles. The van der Waals surface area contributed by atoms with Crippen molar-refractivity contribution in [2.45, 2.75) is 0 Å². The molecule has 0 spiro atoms. The van der Waals surface area contributed by atoms with Crippen LogP contribution in [-0.2, 0) is 9.53 Å². The van der Waals surface area contributed by atoms with E-state index in [4.69, 9.17) is 4.74 Å². The standard InChI is InChI=1S/C19H14N2O6S/c1-27-19(24)16-17(23)15(10-11-4-2-3-5-14(11)22)28-18(16)20-12-6-8-13(9-7-12)21(25)26/h2-10,22-23H,1H3/b15-10+,20-18?. The van der Waals surface area contributed by atoms with Crippen molar-refractivity contribution in [2.75, 3.05) is 7.11 Å². The van der Waals surface area contributed by atoms with Gasteiger partial charge in [0.25, 0.3) is 5.69 Å². The number of esters is 1. The summed E-state index contributed by atoms with van der Waals surface area (Å²) in [6, 6.07) is 12.0. The molecule has 0 saturated heterocycles. The fourth-order valence-corrected chi connectivity index (χ4v) is 3.43. The third-order valence-electron chi connectivity index (χ3n) is 3.79. The summed E-state index contributed by atoms with van der Waals surface area (Å²) in [5.41, 5.74) is 0.616. The molecule has 2 aromatic rings. The minimum atomic E-state index is -0.772. The highest BCUT2D eigenvalue weighted by Gasteiger charge is 2.33. The number of phenolic OH excluding ortho intramolecular Hbond substituents is 1. The largest absolute Gasteiger partial charge is 0.507 e. The van der Waals surface area contributed by atoms with Gasteiger partial charge in [-0.15, -0.1) is 0 Å². The van der Waals surface area contributed by atoms with E-state index in [1.807, 2.05) is 0 Å². The molecule has 0 atom stereocenters. The fraction of sp³-hybridized carbons (Fsp3) is 0.0526. The first kappa shape index (κ1) is 19.2. The predicted molar refractivity (Wildman–Crippen MR) is 106 cm³/mol. The molecule has 0 amide bonds. The summed E-state index contributed by atoms with van der Waals surface area (Å²) in [4.78, 5) is 27.0. The topological polar surface area (TPSA) is 122 Å². The highest BCUT2D eigenvalue weighted by atomic mass is 32.2. The van der Waals surface area contributed by atoms with E-state index in [0.717, 1.165) is 11.8 Å². The molecule has 0 aliphatic carbocycles. The Kier molecular flexibility index (Phi) is 5.46. The Morgan fingerprint density at radius 1 is 1.18 bits per heavy atom. The Labute approximate surface area is 163 Å². The zero-order valence-electron chi connectivity index (χ0n) is 14.5. The van der Waals surface area contributed by atoms with Gasteiger partial charge in [0.2, 0.25) is 0 Å². The molecule has 3 rings (SSSR count). The number of rotatable bonds is 4. The van der Waals surface area contributed by atoms with Gasteiger partial charge in [-0.25, -0.2) is 9.79 Å².